The van der Waals surface area contributed by atoms with E-state index < -0.39 is 0 Å². The van der Waals surface area contributed by atoms with E-state index >= 15 is 0 Å². The monoisotopic (exact) mass is 264 g/mol. The molecule has 1 aromatic rings. The molecule has 2 atom stereocenters. The zero-order valence-corrected chi connectivity index (χ0v) is 11.0. The summed E-state index contributed by atoms with van der Waals surface area (Å²) < 4.78 is 1.54. The summed E-state index contributed by atoms with van der Waals surface area (Å²) in [5.74, 6) is 0.00669. The van der Waals surface area contributed by atoms with Gasteiger partial charge in [-0.2, -0.15) is 0 Å². The number of carbonyl (C=O) groups is 1. The lowest BCUT2D eigenvalue weighted by molar-refractivity contribution is -0.122. The Morgan fingerprint density at radius 2 is 2.37 bits per heavy atom. The van der Waals surface area contributed by atoms with Crippen LogP contribution in [0.4, 0.5) is 0 Å². The number of aromatic nitrogens is 3. The first kappa shape index (κ1) is 12.6. The largest absolute Gasteiger partial charge is 0.350 e. The van der Waals surface area contributed by atoms with Gasteiger partial charge in [0, 0.05) is 25.2 Å². The minimum absolute atomic E-state index is 0.00669. The van der Waals surface area contributed by atoms with E-state index in [2.05, 4.69) is 20.5 Å². The normalized spacial score (nSPS) is 26.6. The Morgan fingerprint density at radius 3 is 3.16 bits per heavy atom. The van der Waals surface area contributed by atoms with Crippen LogP contribution in [0.15, 0.2) is 6.20 Å². The predicted octanol–water partition coefficient (Wildman–Crippen LogP) is -0.910. The Kier molecular flexibility index (Phi) is 3.48. The van der Waals surface area contributed by atoms with Crippen LogP contribution in [-0.2, 0) is 17.9 Å². The second-order valence-corrected chi connectivity index (χ2v) is 5.32. The zero-order valence-electron chi connectivity index (χ0n) is 11.0. The maximum atomic E-state index is 12.0. The van der Waals surface area contributed by atoms with Crippen LogP contribution in [0.1, 0.15) is 25.0 Å². The number of rotatable bonds is 4. The molecule has 0 aliphatic carbocycles. The summed E-state index contributed by atoms with van der Waals surface area (Å²) in [6.45, 7) is 2.85. The molecule has 0 bridgehead atoms. The molecule has 2 aliphatic rings. The first-order chi connectivity index (χ1) is 9.26. The third-order valence-electron chi connectivity index (χ3n) is 4.05. The van der Waals surface area contributed by atoms with Crippen molar-refractivity contribution in [1.82, 2.24) is 25.2 Å². The highest BCUT2D eigenvalue weighted by atomic mass is 16.2. The molecule has 1 amide bonds. The van der Waals surface area contributed by atoms with Crippen molar-refractivity contribution in [3.63, 3.8) is 0 Å². The minimum atomic E-state index is 0.00669. The van der Waals surface area contributed by atoms with Gasteiger partial charge in [0.15, 0.2) is 0 Å². The molecule has 0 saturated carbocycles. The van der Waals surface area contributed by atoms with Gasteiger partial charge < -0.3 is 11.1 Å². The highest BCUT2D eigenvalue weighted by Crippen LogP contribution is 2.27. The fourth-order valence-electron chi connectivity index (χ4n) is 3.16. The SMILES string of the molecule is NCc1cn(CC(=O)NC2CCN3CCCC23)nn1. The van der Waals surface area contributed by atoms with Crippen molar-refractivity contribution in [2.45, 2.75) is 44.4 Å². The van der Waals surface area contributed by atoms with Gasteiger partial charge in [0.1, 0.15) is 6.54 Å². The highest BCUT2D eigenvalue weighted by Gasteiger charge is 2.37. The number of nitrogens with zero attached hydrogens (tertiary/aromatic N) is 4. The minimum Gasteiger partial charge on any atom is -0.350 e. The van der Waals surface area contributed by atoms with Gasteiger partial charge in [-0.25, -0.2) is 4.68 Å². The fourth-order valence-corrected chi connectivity index (χ4v) is 3.16. The Hall–Kier alpha value is -1.47. The molecule has 2 aliphatic heterocycles. The van der Waals surface area contributed by atoms with Crippen LogP contribution in [0.2, 0.25) is 0 Å². The summed E-state index contributed by atoms with van der Waals surface area (Å²) in [6.07, 6.45) is 5.23. The molecule has 0 aromatic carbocycles. The Balaban J connectivity index is 1.53. The molecular weight excluding hydrogens is 244 g/mol. The molecular formula is C12H20N6O. The summed E-state index contributed by atoms with van der Waals surface area (Å²) >= 11 is 0. The summed E-state index contributed by atoms with van der Waals surface area (Å²) in [5.41, 5.74) is 6.17. The van der Waals surface area contributed by atoms with Crippen LogP contribution >= 0.6 is 0 Å². The first-order valence-corrected chi connectivity index (χ1v) is 6.89. The molecule has 3 heterocycles. The lowest BCUT2D eigenvalue weighted by Gasteiger charge is -2.21. The summed E-state index contributed by atoms with van der Waals surface area (Å²) in [6, 6.07) is 0.840. The van der Waals surface area contributed by atoms with Crippen molar-refractivity contribution in [2.75, 3.05) is 13.1 Å². The maximum absolute atomic E-state index is 12.0. The number of nitrogens with two attached hydrogens (primary N) is 1. The lowest BCUT2D eigenvalue weighted by Crippen LogP contribution is -2.43. The van der Waals surface area contributed by atoms with E-state index in [1.165, 1.54) is 19.4 Å². The van der Waals surface area contributed by atoms with Gasteiger partial charge >= 0.3 is 0 Å². The molecule has 104 valence electrons. The maximum Gasteiger partial charge on any atom is 0.242 e. The average Bonchev–Trinajstić information content (AvgIpc) is 3.07. The molecule has 2 saturated heterocycles. The van der Waals surface area contributed by atoms with E-state index in [9.17, 15) is 4.79 Å². The molecule has 19 heavy (non-hydrogen) atoms. The van der Waals surface area contributed by atoms with Crippen molar-refractivity contribution >= 4 is 5.91 Å². The van der Waals surface area contributed by atoms with Crippen molar-refractivity contribution < 1.29 is 4.79 Å². The van der Waals surface area contributed by atoms with Gasteiger partial charge in [-0.15, -0.1) is 5.10 Å². The standard InChI is InChI=1S/C12H20N6O/c13-6-9-7-18(16-15-9)8-12(19)14-10-3-5-17-4-1-2-11(10)17/h7,10-11H,1-6,8,13H2,(H,14,19). The first-order valence-electron chi connectivity index (χ1n) is 6.89. The molecule has 3 N–H and O–H groups in total. The van der Waals surface area contributed by atoms with E-state index in [1.54, 1.807) is 10.9 Å². The summed E-state index contributed by atoms with van der Waals surface area (Å²) in [4.78, 5) is 14.5. The zero-order chi connectivity index (χ0) is 13.2. The van der Waals surface area contributed by atoms with Crippen LogP contribution in [0.5, 0.6) is 0 Å². The Morgan fingerprint density at radius 1 is 1.47 bits per heavy atom. The van der Waals surface area contributed by atoms with Gasteiger partial charge in [-0.05, 0) is 25.8 Å². The number of hydrogen-bond donors (Lipinski definition) is 2. The van der Waals surface area contributed by atoms with Gasteiger partial charge in [0.25, 0.3) is 0 Å². The molecule has 7 heteroatoms. The van der Waals surface area contributed by atoms with E-state index in [0.717, 1.165) is 13.0 Å². The van der Waals surface area contributed by atoms with Crippen LogP contribution < -0.4 is 11.1 Å². The summed E-state index contributed by atoms with van der Waals surface area (Å²) in [7, 11) is 0. The van der Waals surface area contributed by atoms with Gasteiger partial charge in [-0.1, -0.05) is 5.21 Å². The van der Waals surface area contributed by atoms with Gasteiger partial charge in [-0.3, -0.25) is 9.69 Å². The van der Waals surface area contributed by atoms with Crippen molar-refractivity contribution in [2.24, 2.45) is 5.73 Å². The summed E-state index contributed by atoms with van der Waals surface area (Å²) in [5, 5.41) is 10.9. The topological polar surface area (TPSA) is 89.1 Å². The number of hydrogen-bond acceptors (Lipinski definition) is 5. The lowest BCUT2D eigenvalue weighted by atomic mass is 10.1. The van der Waals surface area contributed by atoms with Crippen LogP contribution in [0, 0.1) is 0 Å². The fraction of sp³-hybridized carbons (Fsp3) is 0.750. The third kappa shape index (κ3) is 2.62. The van der Waals surface area contributed by atoms with E-state index in [0.29, 0.717) is 24.3 Å². The van der Waals surface area contributed by atoms with Crippen molar-refractivity contribution in [3.05, 3.63) is 11.9 Å². The molecule has 1 aromatic heterocycles. The molecule has 3 rings (SSSR count). The van der Waals surface area contributed by atoms with E-state index in [-0.39, 0.29) is 12.5 Å². The van der Waals surface area contributed by atoms with Crippen LogP contribution in [0.25, 0.3) is 0 Å². The Labute approximate surface area is 112 Å². The Bertz CT molecular complexity index is 459. The predicted molar refractivity (Wildman–Crippen MR) is 69.1 cm³/mol. The number of amides is 1. The third-order valence-corrected chi connectivity index (χ3v) is 4.05. The van der Waals surface area contributed by atoms with E-state index in [1.807, 2.05) is 0 Å². The van der Waals surface area contributed by atoms with E-state index in [4.69, 9.17) is 5.73 Å². The molecule has 2 unspecified atom stereocenters. The quantitative estimate of drug-likeness (QED) is 0.735. The van der Waals surface area contributed by atoms with Crippen molar-refractivity contribution in [3.8, 4) is 0 Å². The van der Waals surface area contributed by atoms with Gasteiger partial charge in [0.05, 0.1) is 11.9 Å². The molecule has 7 nitrogen and oxygen atoms in total. The molecule has 0 spiro atoms. The second-order valence-electron chi connectivity index (χ2n) is 5.32. The highest BCUT2D eigenvalue weighted by molar-refractivity contribution is 5.76. The molecule has 2 fully saturated rings. The van der Waals surface area contributed by atoms with Gasteiger partial charge in [0.2, 0.25) is 5.91 Å². The second kappa shape index (κ2) is 5.26. The molecule has 0 radical (unpaired) electrons. The number of carbonyl (C=O) groups excluding carboxylic acids is 1. The number of nitrogens with one attached hydrogen (secondary N) is 1. The number of fused-ring (bicyclic) bond motifs is 1. The average molecular weight is 264 g/mol. The van der Waals surface area contributed by atoms with Crippen molar-refractivity contribution in [1.29, 1.82) is 0 Å². The van der Waals surface area contributed by atoms with Crippen LogP contribution in [-0.4, -0.2) is 51.0 Å². The smallest absolute Gasteiger partial charge is 0.242 e. The van der Waals surface area contributed by atoms with Crippen LogP contribution in [0.3, 0.4) is 0 Å².